The molecular formula is C17H34. The third-order valence-corrected chi connectivity index (χ3v) is 1.33. The third-order valence-electron chi connectivity index (χ3n) is 1.33. The average molecular weight is 238 g/mol. The second-order valence-electron chi connectivity index (χ2n) is 3.03. The van der Waals surface area contributed by atoms with Crippen LogP contribution in [-0.4, -0.2) is 0 Å². The Morgan fingerprint density at radius 3 is 1.29 bits per heavy atom. The lowest BCUT2D eigenvalue weighted by Gasteiger charge is -1.86. The number of hydrogen-bond acceptors (Lipinski definition) is 0. The Labute approximate surface area is 111 Å². The highest BCUT2D eigenvalue weighted by molar-refractivity contribution is 5.21. The summed E-state index contributed by atoms with van der Waals surface area (Å²) in [6.07, 6.45) is 9.98. The topological polar surface area (TPSA) is 0 Å². The molecule has 0 saturated heterocycles. The van der Waals surface area contributed by atoms with Crippen molar-refractivity contribution >= 4 is 0 Å². The lowest BCUT2D eigenvalue weighted by atomic mass is 10.2. The van der Waals surface area contributed by atoms with Crippen LogP contribution in [0.5, 0.6) is 0 Å². The minimum Gasteiger partial charge on any atom is -0.0988 e. The van der Waals surface area contributed by atoms with Gasteiger partial charge in [-0.15, -0.1) is 0 Å². The Kier molecular flexibility index (Phi) is 43.2. The zero-order chi connectivity index (χ0) is 14.7. The second-order valence-corrected chi connectivity index (χ2v) is 3.03. The zero-order valence-corrected chi connectivity index (χ0v) is 13.6. The molecule has 0 aliphatic rings. The van der Waals surface area contributed by atoms with Crippen molar-refractivity contribution in [2.24, 2.45) is 0 Å². The van der Waals surface area contributed by atoms with Crippen LogP contribution >= 0.6 is 0 Å². The Morgan fingerprint density at radius 1 is 0.765 bits per heavy atom. The molecule has 0 nitrogen and oxygen atoms in total. The minimum absolute atomic E-state index is 1.20. The van der Waals surface area contributed by atoms with E-state index < -0.39 is 0 Å². The summed E-state index contributed by atoms with van der Waals surface area (Å²) in [5.41, 5.74) is 2.52. The van der Waals surface area contributed by atoms with Gasteiger partial charge in [0.15, 0.2) is 0 Å². The van der Waals surface area contributed by atoms with Crippen molar-refractivity contribution in [3.05, 3.63) is 48.1 Å². The fraction of sp³-hybridized carbons (Fsp3) is 0.529. The molecule has 0 unspecified atom stereocenters. The normalized spacial score (nSPS) is 8.65. The molecule has 0 aliphatic heterocycles. The summed E-state index contributed by atoms with van der Waals surface area (Å²) in [4.78, 5) is 0. The quantitative estimate of drug-likeness (QED) is 0.370. The molecule has 0 bridgehead atoms. The molecule has 0 aromatic heterocycles. The Hall–Kier alpha value is -1.04. The molecule has 102 valence electrons. The predicted octanol–water partition coefficient (Wildman–Crippen LogP) is 6.72. The standard InChI is InChI=1S/C9H14.C4H8.2C2H6/c1-5-9(4)7-6-8(2)3;1-3-4-2;2*1-2/h5-7H,1H2,2-4H3;3-4H,1-2H3;2*1-2H3/b9-7-;4-3-;;. The van der Waals surface area contributed by atoms with Gasteiger partial charge in [-0.25, -0.2) is 0 Å². The molecule has 0 heteroatoms. The first-order valence-electron chi connectivity index (χ1n) is 6.60. The SMILES string of the molecule is C/C=C\C.C=C/C(C)=C\C=C(C)C.CC.CC. The first-order valence-corrected chi connectivity index (χ1v) is 6.60. The molecule has 0 spiro atoms. The maximum Gasteiger partial charge on any atom is -0.0398 e. The van der Waals surface area contributed by atoms with Crippen LogP contribution < -0.4 is 0 Å². The van der Waals surface area contributed by atoms with Crippen LogP contribution in [0.4, 0.5) is 0 Å². The van der Waals surface area contributed by atoms with Crippen LogP contribution in [-0.2, 0) is 0 Å². The largest absolute Gasteiger partial charge is 0.0988 e. The highest BCUT2D eigenvalue weighted by Gasteiger charge is 1.74. The van der Waals surface area contributed by atoms with Crippen molar-refractivity contribution in [2.75, 3.05) is 0 Å². The maximum atomic E-state index is 3.64. The van der Waals surface area contributed by atoms with Gasteiger partial charge in [-0.05, 0) is 34.6 Å². The van der Waals surface area contributed by atoms with Crippen LogP contribution in [0.25, 0.3) is 0 Å². The molecule has 0 atom stereocenters. The molecular weight excluding hydrogens is 204 g/mol. The molecule has 0 fully saturated rings. The van der Waals surface area contributed by atoms with Gasteiger partial charge in [-0.1, -0.05) is 75.8 Å². The van der Waals surface area contributed by atoms with Crippen LogP contribution in [0.15, 0.2) is 48.1 Å². The van der Waals surface area contributed by atoms with E-state index in [1.165, 1.54) is 11.1 Å². The summed E-state index contributed by atoms with van der Waals surface area (Å²) >= 11 is 0. The fourth-order valence-corrected chi connectivity index (χ4v) is 0.366. The zero-order valence-electron chi connectivity index (χ0n) is 13.6. The van der Waals surface area contributed by atoms with Gasteiger partial charge in [-0.3, -0.25) is 0 Å². The number of allylic oxidation sites excluding steroid dienone is 7. The minimum atomic E-state index is 1.20. The Morgan fingerprint density at radius 2 is 1.12 bits per heavy atom. The molecule has 0 aromatic carbocycles. The van der Waals surface area contributed by atoms with E-state index in [4.69, 9.17) is 0 Å². The molecule has 0 aliphatic carbocycles. The first-order chi connectivity index (χ1) is 8.08. The fourth-order valence-electron chi connectivity index (χ4n) is 0.366. The predicted molar refractivity (Wildman–Crippen MR) is 86.6 cm³/mol. The van der Waals surface area contributed by atoms with Crippen LogP contribution in [0.1, 0.15) is 62.3 Å². The summed E-state index contributed by atoms with van der Waals surface area (Å²) in [5.74, 6) is 0. The van der Waals surface area contributed by atoms with Gasteiger partial charge in [0.2, 0.25) is 0 Å². The molecule has 0 rings (SSSR count). The third kappa shape index (κ3) is 51.9. The molecule has 0 saturated carbocycles. The lowest BCUT2D eigenvalue weighted by molar-refractivity contribution is 1.38. The van der Waals surface area contributed by atoms with Gasteiger partial charge < -0.3 is 0 Å². The maximum absolute atomic E-state index is 3.64. The van der Waals surface area contributed by atoms with Gasteiger partial charge in [-0.2, -0.15) is 0 Å². The van der Waals surface area contributed by atoms with E-state index in [0.29, 0.717) is 0 Å². The van der Waals surface area contributed by atoms with Gasteiger partial charge in [0.25, 0.3) is 0 Å². The molecule has 17 heavy (non-hydrogen) atoms. The van der Waals surface area contributed by atoms with E-state index >= 15 is 0 Å². The summed E-state index contributed by atoms with van der Waals surface area (Å²) in [7, 11) is 0. The van der Waals surface area contributed by atoms with Crippen molar-refractivity contribution in [3.8, 4) is 0 Å². The molecule has 0 N–H and O–H groups in total. The number of hydrogen-bond donors (Lipinski definition) is 0. The molecule has 0 aromatic rings. The van der Waals surface area contributed by atoms with E-state index in [2.05, 4.69) is 32.6 Å². The molecule has 0 radical (unpaired) electrons. The van der Waals surface area contributed by atoms with Crippen molar-refractivity contribution in [1.29, 1.82) is 0 Å². The van der Waals surface area contributed by atoms with Gasteiger partial charge >= 0.3 is 0 Å². The summed E-state index contributed by atoms with van der Waals surface area (Å²) in [5, 5.41) is 0. The van der Waals surface area contributed by atoms with E-state index in [1.54, 1.807) is 0 Å². The smallest absolute Gasteiger partial charge is 0.0398 e. The van der Waals surface area contributed by atoms with Crippen LogP contribution in [0, 0.1) is 0 Å². The summed E-state index contributed by atoms with van der Waals surface area (Å²) in [6, 6.07) is 0. The highest BCUT2D eigenvalue weighted by Crippen LogP contribution is 1.96. The van der Waals surface area contributed by atoms with E-state index in [1.807, 2.05) is 66.7 Å². The van der Waals surface area contributed by atoms with Gasteiger partial charge in [0.05, 0.1) is 0 Å². The van der Waals surface area contributed by atoms with Crippen LogP contribution in [0.3, 0.4) is 0 Å². The van der Waals surface area contributed by atoms with Crippen molar-refractivity contribution in [3.63, 3.8) is 0 Å². The molecule has 0 amide bonds. The first kappa shape index (κ1) is 25.0. The van der Waals surface area contributed by atoms with E-state index in [0.717, 1.165) is 0 Å². The Bertz CT molecular complexity index is 194. The summed E-state index contributed by atoms with van der Waals surface area (Å²) < 4.78 is 0. The van der Waals surface area contributed by atoms with Crippen molar-refractivity contribution in [1.82, 2.24) is 0 Å². The van der Waals surface area contributed by atoms with E-state index in [9.17, 15) is 0 Å². The van der Waals surface area contributed by atoms with Crippen LogP contribution in [0.2, 0.25) is 0 Å². The van der Waals surface area contributed by atoms with E-state index in [-0.39, 0.29) is 0 Å². The highest BCUT2D eigenvalue weighted by atomic mass is 13.8. The van der Waals surface area contributed by atoms with Gasteiger partial charge in [0, 0.05) is 0 Å². The lowest BCUT2D eigenvalue weighted by Crippen LogP contribution is -1.64. The van der Waals surface area contributed by atoms with Crippen molar-refractivity contribution < 1.29 is 0 Å². The molecule has 0 heterocycles. The van der Waals surface area contributed by atoms with Gasteiger partial charge in [0.1, 0.15) is 0 Å². The summed E-state index contributed by atoms with van der Waals surface area (Å²) in [6.45, 7) is 21.8. The average Bonchev–Trinajstić information content (AvgIpc) is 2.40. The number of rotatable bonds is 2. The van der Waals surface area contributed by atoms with Crippen molar-refractivity contribution in [2.45, 2.75) is 62.3 Å². The Balaban J connectivity index is -0.0000000887. The monoisotopic (exact) mass is 238 g/mol. The second kappa shape index (κ2) is 29.4.